The molecule has 0 amide bonds. The summed E-state index contributed by atoms with van der Waals surface area (Å²) in [7, 11) is 1.85. The average molecular weight is 128 g/mol. The second-order valence-corrected chi connectivity index (χ2v) is 1.62. The highest BCUT2D eigenvalue weighted by atomic mass is 15.0. The van der Waals surface area contributed by atoms with Gasteiger partial charge in [-0.25, -0.2) is 5.53 Å². The lowest BCUT2D eigenvalue weighted by Gasteiger charge is -1.95. The standard InChI is InChI=1S/C5H12N4/c1-8-3-2-5(4-6)9-7/h4,7-8H,2-3,6H2,1H3/b5-4-,9-7?. The van der Waals surface area contributed by atoms with Gasteiger partial charge in [-0.2, -0.15) is 5.11 Å². The summed E-state index contributed by atoms with van der Waals surface area (Å²) in [6.07, 6.45) is 2.07. The topological polar surface area (TPSA) is 74.3 Å². The summed E-state index contributed by atoms with van der Waals surface area (Å²) in [5.74, 6) is 0. The van der Waals surface area contributed by atoms with Gasteiger partial charge in [0.2, 0.25) is 0 Å². The molecule has 0 saturated carbocycles. The molecular weight excluding hydrogens is 116 g/mol. The van der Waals surface area contributed by atoms with Crippen LogP contribution in [0.25, 0.3) is 0 Å². The molecule has 0 aliphatic heterocycles. The lowest BCUT2D eigenvalue weighted by Crippen LogP contribution is -2.08. The van der Waals surface area contributed by atoms with Gasteiger partial charge in [0.1, 0.15) is 0 Å². The third-order valence-electron chi connectivity index (χ3n) is 0.967. The minimum atomic E-state index is 0.615. The third-order valence-corrected chi connectivity index (χ3v) is 0.967. The zero-order chi connectivity index (χ0) is 7.11. The van der Waals surface area contributed by atoms with Crippen LogP contribution in [0.1, 0.15) is 6.42 Å². The maximum Gasteiger partial charge on any atom is 0.0790 e. The summed E-state index contributed by atoms with van der Waals surface area (Å²) in [4.78, 5) is 0. The molecular formula is C5H12N4. The Morgan fingerprint density at radius 3 is 2.89 bits per heavy atom. The summed E-state index contributed by atoms with van der Waals surface area (Å²) < 4.78 is 0. The summed E-state index contributed by atoms with van der Waals surface area (Å²) in [5.41, 5.74) is 12.3. The molecule has 0 aromatic rings. The maximum absolute atomic E-state index is 6.59. The van der Waals surface area contributed by atoms with Crippen LogP contribution in [0.2, 0.25) is 0 Å². The van der Waals surface area contributed by atoms with Crippen LogP contribution in [0.5, 0.6) is 0 Å². The van der Waals surface area contributed by atoms with Crippen LogP contribution in [-0.4, -0.2) is 13.6 Å². The highest BCUT2D eigenvalue weighted by Crippen LogP contribution is 1.97. The number of nitrogens with one attached hydrogen (secondary N) is 2. The molecule has 0 saturated heterocycles. The monoisotopic (exact) mass is 128 g/mol. The van der Waals surface area contributed by atoms with Crippen molar-refractivity contribution in [3.63, 3.8) is 0 Å². The summed E-state index contributed by atoms with van der Waals surface area (Å²) >= 11 is 0. The quantitative estimate of drug-likeness (QED) is 0.480. The predicted molar refractivity (Wildman–Crippen MR) is 36.0 cm³/mol. The van der Waals surface area contributed by atoms with E-state index in [1.165, 1.54) is 6.20 Å². The summed E-state index contributed by atoms with van der Waals surface area (Å²) in [5, 5.41) is 6.12. The van der Waals surface area contributed by atoms with E-state index in [1.54, 1.807) is 0 Å². The molecule has 4 nitrogen and oxygen atoms in total. The number of hydrogen-bond donors (Lipinski definition) is 3. The van der Waals surface area contributed by atoms with E-state index in [4.69, 9.17) is 11.3 Å². The molecule has 0 aliphatic rings. The van der Waals surface area contributed by atoms with Crippen molar-refractivity contribution < 1.29 is 0 Å². The molecule has 0 unspecified atom stereocenters. The first-order chi connectivity index (χ1) is 4.35. The second-order valence-electron chi connectivity index (χ2n) is 1.62. The van der Waals surface area contributed by atoms with Crippen molar-refractivity contribution >= 4 is 0 Å². The molecule has 0 spiro atoms. The van der Waals surface area contributed by atoms with E-state index >= 15 is 0 Å². The Bertz CT molecular complexity index is 108. The van der Waals surface area contributed by atoms with E-state index in [1.807, 2.05) is 7.05 Å². The minimum Gasteiger partial charge on any atom is -0.403 e. The first-order valence-electron chi connectivity index (χ1n) is 2.78. The zero-order valence-corrected chi connectivity index (χ0v) is 5.52. The summed E-state index contributed by atoms with van der Waals surface area (Å²) in [6.45, 7) is 0.811. The number of hydrogen-bond acceptors (Lipinski definition) is 4. The first-order valence-corrected chi connectivity index (χ1v) is 2.78. The molecule has 0 bridgehead atoms. The maximum atomic E-state index is 6.59. The molecule has 0 rings (SSSR count). The molecule has 0 heterocycles. The fourth-order valence-electron chi connectivity index (χ4n) is 0.430. The van der Waals surface area contributed by atoms with Crippen LogP contribution in [-0.2, 0) is 0 Å². The van der Waals surface area contributed by atoms with Gasteiger partial charge in [0.15, 0.2) is 0 Å². The van der Waals surface area contributed by atoms with Crippen molar-refractivity contribution in [1.29, 1.82) is 5.53 Å². The van der Waals surface area contributed by atoms with Crippen LogP contribution in [0.15, 0.2) is 17.0 Å². The molecule has 0 aromatic carbocycles. The number of nitrogens with zero attached hydrogens (tertiary/aromatic N) is 1. The van der Waals surface area contributed by atoms with Gasteiger partial charge in [-0.3, -0.25) is 0 Å². The van der Waals surface area contributed by atoms with Gasteiger partial charge in [-0.05, 0) is 7.05 Å². The molecule has 4 heteroatoms. The van der Waals surface area contributed by atoms with Crippen molar-refractivity contribution in [2.75, 3.05) is 13.6 Å². The smallest absolute Gasteiger partial charge is 0.0790 e. The lowest BCUT2D eigenvalue weighted by molar-refractivity contribution is 0.765. The molecule has 4 N–H and O–H groups in total. The van der Waals surface area contributed by atoms with Gasteiger partial charge < -0.3 is 11.1 Å². The van der Waals surface area contributed by atoms with Crippen LogP contribution >= 0.6 is 0 Å². The Kier molecular flexibility index (Phi) is 4.72. The van der Waals surface area contributed by atoms with Gasteiger partial charge in [0, 0.05) is 19.2 Å². The first kappa shape index (κ1) is 8.10. The van der Waals surface area contributed by atoms with Gasteiger partial charge in [0.05, 0.1) is 5.70 Å². The minimum absolute atomic E-state index is 0.615. The van der Waals surface area contributed by atoms with Crippen LogP contribution < -0.4 is 11.1 Å². The number of nitrogens with two attached hydrogens (primary N) is 1. The van der Waals surface area contributed by atoms with Gasteiger partial charge in [0.25, 0.3) is 0 Å². The molecule has 0 atom stereocenters. The Morgan fingerprint density at radius 2 is 2.56 bits per heavy atom. The molecule has 0 aliphatic carbocycles. The highest BCUT2D eigenvalue weighted by molar-refractivity contribution is 4.95. The van der Waals surface area contributed by atoms with E-state index in [0.717, 1.165) is 13.0 Å². The van der Waals surface area contributed by atoms with Gasteiger partial charge in [-0.15, -0.1) is 0 Å². The Morgan fingerprint density at radius 1 is 1.89 bits per heavy atom. The molecule has 52 valence electrons. The van der Waals surface area contributed by atoms with Crippen LogP contribution in [0, 0.1) is 5.53 Å². The van der Waals surface area contributed by atoms with Gasteiger partial charge in [-0.1, -0.05) is 0 Å². The highest BCUT2D eigenvalue weighted by Gasteiger charge is 1.89. The lowest BCUT2D eigenvalue weighted by atomic mass is 10.3. The fraction of sp³-hybridized carbons (Fsp3) is 0.600. The molecule has 0 aromatic heterocycles. The Hall–Kier alpha value is -0.900. The second kappa shape index (κ2) is 5.24. The van der Waals surface area contributed by atoms with E-state index in [-0.39, 0.29) is 0 Å². The van der Waals surface area contributed by atoms with Crippen molar-refractivity contribution in [1.82, 2.24) is 5.32 Å². The predicted octanol–water partition coefficient (Wildman–Crippen LogP) is 0.427. The van der Waals surface area contributed by atoms with Gasteiger partial charge >= 0.3 is 0 Å². The SMILES string of the molecule is CNCC/C(=C/N)N=N. The largest absolute Gasteiger partial charge is 0.403 e. The van der Waals surface area contributed by atoms with Crippen molar-refractivity contribution in [2.45, 2.75) is 6.42 Å². The van der Waals surface area contributed by atoms with Crippen molar-refractivity contribution in [3.8, 4) is 0 Å². The van der Waals surface area contributed by atoms with E-state index in [9.17, 15) is 0 Å². The van der Waals surface area contributed by atoms with Crippen molar-refractivity contribution in [3.05, 3.63) is 11.9 Å². The van der Waals surface area contributed by atoms with Crippen LogP contribution in [0.3, 0.4) is 0 Å². The van der Waals surface area contributed by atoms with E-state index in [2.05, 4.69) is 10.4 Å². The normalized spacial score (nSPS) is 11.4. The van der Waals surface area contributed by atoms with E-state index < -0.39 is 0 Å². The Labute approximate surface area is 54.6 Å². The summed E-state index contributed by atoms with van der Waals surface area (Å²) in [6, 6.07) is 0. The molecule has 0 radical (unpaired) electrons. The van der Waals surface area contributed by atoms with E-state index in [0.29, 0.717) is 5.70 Å². The fourth-order valence-corrected chi connectivity index (χ4v) is 0.430. The third kappa shape index (κ3) is 3.66. The Balaban J connectivity index is 3.45. The van der Waals surface area contributed by atoms with Crippen molar-refractivity contribution in [2.24, 2.45) is 10.8 Å². The van der Waals surface area contributed by atoms with Crippen LogP contribution in [0.4, 0.5) is 0 Å². The molecule has 9 heavy (non-hydrogen) atoms. The average Bonchev–Trinajstić information content (AvgIpc) is 1.91. The molecule has 0 fully saturated rings. The number of rotatable bonds is 4. The zero-order valence-electron chi connectivity index (χ0n) is 5.52.